The lowest BCUT2D eigenvalue weighted by Gasteiger charge is -2.32. The number of nitrogens with one attached hydrogen (secondary N) is 2. The third-order valence-electron chi connectivity index (χ3n) is 8.50. The fraction of sp³-hybridized carbons (Fsp3) is 0.312. The molecule has 3 aromatic carbocycles. The normalized spacial score (nSPS) is 17.6. The molecule has 1 fully saturated rings. The van der Waals surface area contributed by atoms with Crippen LogP contribution in [-0.2, 0) is 14.0 Å². The van der Waals surface area contributed by atoms with Crippen molar-refractivity contribution in [3.63, 3.8) is 0 Å². The molecule has 1 aliphatic heterocycles. The molecule has 8 heteroatoms. The van der Waals surface area contributed by atoms with Crippen molar-refractivity contribution >= 4 is 30.2 Å². The van der Waals surface area contributed by atoms with Crippen LogP contribution in [0.2, 0.25) is 0 Å². The lowest BCUT2D eigenvalue weighted by atomic mass is 9.76. The molecule has 0 radical (unpaired) electrons. The SMILES string of the molecule is Cc1cc2[nH]ncc2cc1C=C(CNC(=O)OCC1c2ccccc2-c2ccccc21)B1OC(C)(C)C(C)(C)O1. The number of ether oxygens (including phenoxy) is 1. The van der Waals surface area contributed by atoms with E-state index in [9.17, 15) is 4.79 Å². The van der Waals surface area contributed by atoms with Crippen LogP contribution in [0.1, 0.15) is 55.9 Å². The predicted octanol–water partition coefficient (Wildman–Crippen LogP) is 6.42. The smallest absolute Gasteiger partial charge is 0.449 e. The van der Waals surface area contributed by atoms with Gasteiger partial charge in [0.2, 0.25) is 0 Å². The molecule has 4 aromatic rings. The summed E-state index contributed by atoms with van der Waals surface area (Å²) in [6, 6.07) is 20.8. The van der Waals surface area contributed by atoms with Crippen molar-refractivity contribution in [3.8, 4) is 11.1 Å². The predicted molar refractivity (Wildman–Crippen MR) is 158 cm³/mol. The third kappa shape index (κ3) is 4.71. The van der Waals surface area contributed by atoms with Crippen molar-refractivity contribution in [2.75, 3.05) is 13.2 Å². The van der Waals surface area contributed by atoms with E-state index in [1.165, 1.54) is 22.3 Å². The van der Waals surface area contributed by atoms with Gasteiger partial charge in [-0.05, 0) is 85.6 Å². The zero-order valence-corrected chi connectivity index (χ0v) is 23.6. The standard InChI is InChI=1S/C32H34BN3O4/c1-20-14-29-22(17-35-36-29)15-21(20)16-23(33-39-31(2,3)32(4,5)40-33)18-34-30(37)38-19-28-26-12-8-6-10-24(26)25-11-7-9-13-27(25)28/h6-17,28H,18-19H2,1-5H3,(H,34,37)(H,35,36). The van der Waals surface area contributed by atoms with Gasteiger partial charge in [0.1, 0.15) is 6.61 Å². The molecule has 7 nitrogen and oxygen atoms in total. The first-order chi connectivity index (χ1) is 19.1. The number of benzene rings is 3. The van der Waals surface area contributed by atoms with Crippen molar-refractivity contribution in [2.45, 2.75) is 51.7 Å². The van der Waals surface area contributed by atoms with Crippen LogP contribution in [0, 0.1) is 6.92 Å². The zero-order valence-electron chi connectivity index (χ0n) is 23.6. The second-order valence-electron chi connectivity index (χ2n) is 11.7. The van der Waals surface area contributed by atoms with Crippen LogP contribution in [0.4, 0.5) is 4.79 Å². The maximum atomic E-state index is 13.0. The van der Waals surface area contributed by atoms with Crippen molar-refractivity contribution in [1.29, 1.82) is 0 Å². The van der Waals surface area contributed by atoms with Gasteiger partial charge in [-0.3, -0.25) is 5.10 Å². The monoisotopic (exact) mass is 535 g/mol. The van der Waals surface area contributed by atoms with E-state index in [0.717, 1.165) is 27.5 Å². The van der Waals surface area contributed by atoms with E-state index in [1.807, 2.05) is 65.0 Å². The number of H-pyrrole nitrogens is 1. The Morgan fingerprint density at radius 1 is 1.02 bits per heavy atom. The molecule has 0 saturated carbocycles. The van der Waals surface area contributed by atoms with Crippen LogP contribution < -0.4 is 5.32 Å². The molecule has 1 amide bonds. The highest BCUT2D eigenvalue weighted by Gasteiger charge is 2.52. The topological polar surface area (TPSA) is 85.5 Å². The highest BCUT2D eigenvalue weighted by Crippen LogP contribution is 2.44. The second-order valence-corrected chi connectivity index (χ2v) is 11.7. The number of aryl methyl sites for hydroxylation is 1. The number of alkyl carbamates (subject to hydrolysis) is 1. The van der Waals surface area contributed by atoms with Gasteiger partial charge in [-0.2, -0.15) is 5.10 Å². The summed E-state index contributed by atoms with van der Waals surface area (Å²) in [6.07, 6.45) is 3.36. The first-order valence-corrected chi connectivity index (χ1v) is 13.7. The minimum absolute atomic E-state index is 0.000552. The molecule has 1 aliphatic carbocycles. The number of aromatic amines is 1. The fourth-order valence-electron chi connectivity index (χ4n) is 5.49. The van der Waals surface area contributed by atoms with E-state index in [4.69, 9.17) is 14.0 Å². The molecule has 0 unspecified atom stereocenters. The minimum atomic E-state index is -0.613. The molecule has 204 valence electrons. The number of hydrogen-bond donors (Lipinski definition) is 2. The molecule has 6 rings (SSSR count). The lowest BCUT2D eigenvalue weighted by molar-refractivity contribution is 0.00578. The largest absolute Gasteiger partial charge is 0.492 e. The van der Waals surface area contributed by atoms with Gasteiger partial charge in [0.25, 0.3) is 0 Å². The van der Waals surface area contributed by atoms with Gasteiger partial charge in [0, 0.05) is 17.8 Å². The van der Waals surface area contributed by atoms with Crippen molar-refractivity contribution in [2.24, 2.45) is 0 Å². The fourth-order valence-corrected chi connectivity index (χ4v) is 5.49. The second kappa shape index (κ2) is 9.95. The Kier molecular flexibility index (Phi) is 6.55. The molecule has 40 heavy (non-hydrogen) atoms. The summed E-state index contributed by atoms with van der Waals surface area (Å²) in [5.74, 6) is 0.000552. The van der Waals surface area contributed by atoms with E-state index in [-0.39, 0.29) is 19.1 Å². The summed E-state index contributed by atoms with van der Waals surface area (Å²) in [5.41, 5.74) is 7.60. The molecule has 0 bridgehead atoms. The zero-order chi connectivity index (χ0) is 28.1. The Labute approximate surface area is 235 Å². The Morgan fingerprint density at radius 3 is 2.30 bits per heavy atom. The molecular formula is C32H34BN3O4. The van der Waals surface area contributed by atoms with Gasteiger partial charge in [-0.25, -0.2) is 4.79 Å². The van der Waals surface area contributed by atoms with E-state index >= 15 is 0 Å². The van der Waals surface area contributed by atoms with E-state index in [1.54, 1.807) is 6.20 Å². The van der Waals surface area contributed by atoms with Gasteiger partial charge in [-0.15, -0.1) is 0 Å². The molecule has 2 aliphatic rings. The van der Waals surface area contributed by atoms with Crippen LogP contribution in [0.3, 0.4) is 0 Å². The molecule has 1 aromatic heterocycles. The number of fused-ring (bicyclic) bond motifs is 4. The van der Waals surface area contributed by atoms with Gasteiger partial charge in [0.15, 0.2) is 0 Å². The summed E-state index contributed by atoms with van der Waals surface area (Å²) in [7, 11) is -0.613. The van der Waals surface area contributed by atoms with Gasteiger partial charge in [0.05, 0.1) is 22.9 Å². The van der Waals surface area contributed by atoms with E-state index < -0.39 is 24.4 Å². The van der Waals surface area contributed by atoms with Crippen LogP contribution in [-0.4, -0.2) is 47.8 Å². The highest BCUT2D eigenvalue weighted by molar-refractivity contribution is 6.56. The summed E-state index contributed by atoms with van der Waals surface area (Å²) in [5, 5.41) is 11.1. The molecule has 2 heterocycles. The van der Waals surface area contributed by atoms with Gasteiger partial charge >= 0.3 is 13.2 Å². The van der Waals surface area contributed by atoms with Gasteiger partial charge < -0.3 is 19.4 Å². The number of aromatic nitrogens is 2. The van der Waals surface area contributed by atoms with Crippen molar-refractivity contribution in [3.05, 3.63) is 94.6 Å². The summed E-state index contributed by atoms with van der Waals surface area (Å²) in [4.78, 5) is 13.0. The average Bonchev–Trinajstić information content (AvgIpc) is 3.56. The number of nitrogens with zero attached hydrogens (tertiary/aromatic N) is 1. The van der Waals surface area contributed by atoms with Crippen LogP contribution in [0.25, 0.3) is 28.1 Å². The number of amides is 1. The summed E-state index contributed by atoms with van der Waals surface area (Å²) in [6.45, 7) is 10.6. The number of carbonyl (C=O) groups is 1. The molecule has 0 spiro atoms. The number of carbonyl (C=O) groups excluding carboxylic acids is 1. The Morgan fingerprint density at radius 2 is 1.65 bits per heavy atom. The third-order valence-corrected chi connectivity index (χ3v) is 8.50. The number of rotatable bonds is 6. The Balaban J connectivity index is 1.20. The highest BCUT2D eigenvalue weighted by atomic mass is 16.7. The summed E-state index contributed by atoms with van der Waals surface area (Å²) < 4.78 is 18.5. The maximum Gasteiger partial charge on any atom is 0.492 e. The Hall–Kier alpha value is -3.88. The average molecular weight is 535 g/mol. The molecule has 2 N–H and O–H groups in total. The Bertz CT molecular complexity index is 1560. The number of hydrogen-bond acceptors (Lipinski definition) is 5. The van der Waals surface area contributed by atoms with Crippen LogP contribution in [0.5, 0.6) is 0 Å². The quantitative estimate of drug-likeness (QED) is 0.278. The minimum Gasteiger partial charge on any atom is -0.449 e. The molecule has 1 saturated heterocycles. The molecule has 0 atom stereocenters. The van der Waals surface area contributed by atoms with Crippen LogP contribution in [0.15, 0.2) is 72.3 Å². The van der Waals surface area contributed by atoms with E-state index in [0.29, 0.717) is 0 Å². The van der Waals surface area contributed by atoms with Crippen LogP contribution >= 0.6 is 0 Å². The lowest BCUT2D eigenvalue weighted by Crippen LogP contribution is -2.41. The first-order valence-electron chi connectivity index (χ1n) is 13.7. The summed E-state index contributed by atoms with van der Waals surface area (Å²) >= 11 is 0. The van der Waals surface area contributed by atoms with E-state index in [2.05, 4.69) is 51.9 Å². The first kappa shape index (κ1) is 26.4. The van der Waals surface area contributed by atoms with Crippen molar-refractivity contribution < 1.29 is 18.8 Å². The van der Waals surface area contributed by atoms with Crippen molar-refractivity contribution in [1.82, 2.24) is 15.5 Å². The maximum absolute atomic E-state index is 13.0. The van der Waals surface area contributed by atoms with Gasteiger partial charge in [-0.1, -0.05) is 54.6 Å². The molecular weight excluding hydrogens is 501 g/mol.